The number of hydrogen-bond acceptors (Lipinski definition) is 2. The lowest BCUT2D eigenvalue weighted by molar-refractivity contribution is -0.142. The zero-order valence-electron chi connectivity index (χ0n) is 10.6. The summed E-state index contributed by atoms with van der Waals surface area (Å²) < 4.78 is 11.4. The fraction of sp³-hybridized carbons (Fsp3) is 0.538. The summed E-state index contributed by atoms with van der Waals surface area (Å²) in [6.07, 6.45) is 1.85. The summed E-state index contributed by atoms with van der Waals surface area (Å²) in [7, 11) is 0.961. The highest BCUT2D eigenvalue weighted by Gasteiger charge is 2.10. The second kappa shape index (κ2) is 8.70. The number of hydrogen-bond donors (Lipinski definition) is 0. The topological polar surface area (TPSA) is 18.5 Å². The minimum Gasteiger partial charge on any atom is -0.353 e. The van der Waals surface area contributed by atoms with Crippen molar-refractivity contribution in [1.29, 1.82) is 0 Å². The van der Waals surface area contributed by atoms with Gasteiger partial charge in [-0.1, -0.05) is 30.3 Å². The first kappa shape index (κ1) is 14.7. The van der Waals surface area contributed by atoms with Gasteiger partial charge in [0, 0.05) is 22.7 Å². The Labute approximate surface area is 112 Å². The van der Waals surface area contributed by atoms with E-state index in [1.54, 1.807) is 0 Å². The molecule has 0 heterocycles. The van der Waals surface area contributed by atoms with Gasteiger partial charge in [-0.3, -0.25) is 0 Å². The van der Waals surface area contributed by atoms with Crippen LogP contribution in [-0.2, 0) is 9.47 Å². The third-order valence-corrected chi connectivity index (χ3v) is 3.75. The molecule has 0 amide bonds. The van der Waals surface area contributed by atoms with Gasteiger partial charge in [0.15, 0.2) is 6.29 Å². The molecule has 1 rings (SSSR count). The van der Waals surface area contributed by atoms with Crippen molar-refractivity contribution in [3.05, 3.63) is 35.9 Å². The van der Waals surface area contributed by atoms with E-state index in [1.165, 1.54) is 5.56 Å². The van der Waals surface area contributed by atoms with Gasteiger partial charge in [-0.05, 0) is 25.3 Å². The maximum Gasteiger partial charge on any atom is 0.155 e. The van der Waals surface area contributed by atoms with Crippen LogP contribution in [0.25, 0.3) is 0 Å². The van der Waals surface area contributed by atoms with E-state index < -0.39 is 0 Å². The van der Waals surface area contributed by atoms with E-state index in [1.807, 2.05) is 25.1 Å². The largest absolute Gasteiger partial charge is 0.353 e. The van der Waals surface area contributed by atoms with Crippen molar-refractivity contribution < 1.29 is 9.47 Å². The van der Waals surface area contributed by atoms with Crippen LogP contribution < -0.4 is 0 Å². The Hall–Kier alpha value is -0.353. The van der Waals surface area contributed by atoms with Crippen LogP contribution in [0, 0.1) is 0 Å². The van der Waals surface area contributed by atoms with Crippen LogP contribution in [0.2, 0.25) is 0 Å². The molecule has 0 fully saturated rings. The summed E-state index contributed by atoms with van der Waals surface area (Å²) in [6.45, 7) is 2.67. The third kappa shape index (κ3) is 6.22. The van der Waals surface area contributed by atoms with Crippen molar-refractivity contribution in [3.63, 3.8) is 0 Å². The third-order valence-electron chi connectivity index (χ3n) is 2.55. The lowest BCUT2D eigenvalue weighted by atomic mass is 10.2. The van der Waals surface area contributed by atoms with E-state index in [9.17, 15) is 0 Å². The van der Waals surface area contributed by atoms with E-state index in [2.05, 4.69) is 12.1 Å². The first-order valence-electron chi connectivity index (χ1n) is 6.12. The molecular weight excluding hydrogens is 252 g/mol. The lowest BCUT2D eigenvalue weighted by Gasteiger charge is -2.20. The molecule has 0 saturated carbocycles. The van der Waals surface area contributed by atoms with Gasteiger partial charge < -0.3 is 9.47 Å². The fourth-order valence-electron chi connectivity index (χ4n) is 1.58. The molecule has 0 bridgehead atoms. The molecule has 1 aromatic carbocycles. The van der Waals surface area contributed by atoms with Gasteiger partial charge in [0.25, 0.3) is 0 Å². The Bertz CT molecular complexity index is 295. The predicted molar refractivity (Wildman–Crippen MR) is 75.6 cm³/mol. The minimum absolute atomic E-state index is 0.145. The molecule has 0 saturated heterocycles. The van der Waals surface area contributed by atoms with E-state index >= 15 is 0 Å². The molecule has 2 nitrogen and oxygen atoms in total. The average Bonchev–Trinajstić information content (AvgIpc) is 2.36. The van der Waals surface area contributed by atoms with Crippen molar-refractivity contribution in [3.8, 4) is 0 Å². The second-order valence-corrected chi connectivity index (χ2v) is 5.45. The molecule has 4 heteroatoms. The highest BCUT2D eigenvalue weighted by atomic mass is 35.5. The standard InChI is InChI=1S/C13H21ClO2Si/c1-11(15-10-6-5-9-14)16-13(17)12-7-3-2-4-8-12/h2-4,7-8,11,13H,5-6,9-10H2,1,17H3. The number of ether oxygens (including phenoxy) is 2. The molecule has 0 N–H and O–H groups in total. The average molecular weight is 273 g/mol. The molecule has 2 atom stereocenters. The quantitative estimate of drug-likeness (QED) is 0.313. The van der Waals surface area contributed by atoms with Crippen molar-refractivity contribution in [2.75, 3.05) is 12.5 Å². The number of alkyl halides is 1. The van der Waals surface area contributed by atoms with Gasteiger partial charge in [0.2, 0.25) is 0 Å². The van der Waals surface area contributed by atoms with Crippen LogP contribution in [0.5, 0.6) is 0 Å². The van der Waals surface area contributed by atoms with Crippen LogP contribution in [0.1, 0.15) is 31.1 Å². The Morgan fingerprint density at radius 2 is 1.94 bits per heavy atom. The monoisotopic (exact) mass is 272 g/mol. The maximum absolute atomic E-state index is 5.82. The zero-order chi connectivity index (χ0) is 12.5. The van der Waals surface area contributed by atoms with Crippen LogP contribution in [0.15, 0.2) is 30.3 Å². The molecular formula is C13H21ClO2Si. The molecule has 0 aromatic heterocycles. The number of benzene rings is 1. The highest BCUT2D eigenvalue weighted by molar-refractivity contribution is 6.17. The Morgan fingerprint density at radius 3 is 2.59 bits per heavy atom. The smallest absolute Gasteiger partial charge is 0.155 e. The van der Waals surface area contributed by atoms with Crippen molar-refractivity contribution in [2.45, 2.75) is 31.8 Å². The number of halogens is 1. The molecule has 0 aliphatic carbocycles. The molecule has 0 aliphatic rings. The van der Waals surface area contributed by atoms with Crippen LogP contribution >= 0.6 is 11.6 Å². The summed E-state index contributed by atoms with van der Waals surface area (Å²) in [6, 6.07) is 10.3. The number of rotatable bonds is 8. The van der Waals surface area contributed by atoms with Crippen molar-refractivity contribution in [2.24, 2.45) is 0 Å². The Kier molecular flexibility index (Phi) is 7.52. The van der Waals surface area contributed by atoms with Crippen LogP contribution in [-0.4, -0.2) is 29.0 Å². The van der Waals surface area contributed by atoms with E-state index in [-0.39, 0.29) is 12.0 Å². The summed E-state index contributed by atoms with van der Waals surface area (Å²) >= 11 is 5.60. The van der Waals surface area contributed by atoms with Gasteiger partial charge in [0.1, 0.15) is 0 Å². The molecule has 96 valence electrons. The summed E-state index contributed by atoms with van der Waals surface area (Å²) in [4.78, 5) is 0. The van der Waals surface area contributed by atoms with Gasteiger partial charge in [-0.25, -0.2) is 0 Å². The number of unbranched alkanes of at least 4 members (excludes halogenated alkanes) is 1. The van der Waals surface area contributed by atoms with Gasteiger partial charge in [-0.15, -0.1) is 11.6 Å². The molecule has 0 spiro atoms. The normalized spacial score (nSPS) is 14.7. The molecule has 17 heavy (non-hydrogen) atoms. The molecule has 1 aromatic rings. The zero-order valence-corrected chi connectivity index (χ0v) is 13.3. The SMILES string of the molecule is CC(OCCCCCl)OC([SiH3])c1ccccc1. The first-order chi connectivity index (χ1) is 8.24. The van der Waals surface area contributed by atoms with Crippen LogP contribution in [0.3, 0.4) is 0 Å². The van der Waals surface area contributed by atoms with Crippen molar-refractivity contribution >= 4 is 21.8 Å². The van der Waals surface area contributed by atoms with Gasteiger partial charge in [0.05, 0.1) is 5.73 Å². The molecule has 2 unspecified atom stereocenters. The van der Waals surface area contributed by atoms with Crippen molar-refractivity contribution in [1.82, 2.24) is 0 Å². The predicted octanol–water partition coefficient (Wildman–Crippen LogP) is 2.45. The van der Waals surface area contributed by atoms with E-state index in [4.69, 9.17) is 21.1 Å². The second-order valence-electron chi connectivity index (χ2n) is 4.02. The van der Waals surface area contributed by atoms with Gasteiger partial charge >= 0.3 is 0 Å². The minimum atomic E-state index is -0.145. The Morgan fingerprint density at radius 1 is 1.24 bits per heavy atom. The first-order valence-corrected chi connectivity index (χ1v) is 7.81. The van der Waals surface area contributed by atoms with Crippen LogP contribution in [0.4, 0.5) is 0 Å². The van der Waals surface area contributed by atoms with E-state index in [0.29, 0.717) is 5.88 Å². The lowest BCUT2D eigenvalue weighted by Crippen LogP contribution is -2.17. The van der Waals surface area contributed by atoms with Gasteiger partial charge in [-0.2, -0.15) is 0 Å². The summed E-state index contributed by atoms with van der Waals surface area (Å²) in [5.41, 5.74) is 1.43. The molecule has 0 radical (unpaired) electrons. The van der Waals surface area contributed by atoms with E-state index in [0.717, 1.165) is 29.7 Å². The highest BCUT2D eigenvalue weighted by Crippen LogP contribution is 2.15. The maximum atomic E-state index is 5.82. The Balaban J connectivity index is 2.24. The summed E-state index contributed by atoms with van der Waals surface area (Å²) in [5.74, 6) is 0.700. The fourth-order valence-corrected chi connectivity index (χ4v) is 2.53. The molecule has 0 aliphatic heterocycles. The summed E-state index contributed by atoms with van der Waals surface area (Å²) in [5, 5.41) is 0.